The number of rotatable bonds is 5. The number of carbonyl (C=O) groups is 1. The zero-order chi connectivity index (χ0) is 19.4. The summed E-state index contributed by atoms with van der Waals surface area (Å²) in [6.45, 7) is 5.28. The summed E-state index contributed by atoms with van der Waals surface area (Å²) >= 11 is 0. The lowest BCUT2D eigenvalue weighted by Crippen LogP contribution is -2.45. The number of aromatic hydroxyl groups is 2. The third kappa shape index (κ3) is 4.52. The minimum atomic E-state index is -0.370. The highest BCUT2D eigenvalue weighted by Crippen LogP contribution is 2.34. The van der Waals surface area contributed by atoms with Gasteiger partial charge in [0.1, 0.15) is 6.61 Å². The fourth-order valence-corrected chi connectivity index (χ4v) is 3.33. The summed E-state index contributed by atoms with van der Waals surface area (Å²) in [5.41, 5.74) is 2.82. The van der Waals surface area contributed by atoms with E-state index in [0.717, 1.165) is 29.7 Å². The maximum absolute atomic E-state index is 12.7. The zero-order valence-corrected chi connectivity index (χ0v) is 15.7. The van der Waals surface area contributed by atoms with Crippen molar-refractivity contribution in [1.29, 1.82) is 0 Å². The molecule has 1 atom stereocenters. The molecular formula is C21H26N2O4. The number of fused-ring (bicyclic) bond motifs is 1. The van der Waals surface area contributed by atoms with Crippen molar-refractivity contribution < 1.29 is 19.7 Å². The van der Waals surface area contributed by atoms with Gasteiger partial charge in [-0.25, -0.2) is 4.79 Å². The van der Waals surface area contributed by atoms with E-state index in [1.165, 1.54) is 0 Å². The van der Waals surface area contributed by atoms with Crippen LogP contribution in [0.15, 0.2) is 42.5 Å². The Morgan fingerprint density at radius 1 is 1.22 bits per heavy atom. The highest BCUT2D eigenvalue weighted by molar-refractivity contribution is 5.68. The topological polar surface area (TPSA) is 82.0 Å². The number of nitrogens with one attached hydrogen (secondary N) is 1. The van der Waals surface area contributed by atoms with Crippen LogP contribution in [0.3, 0.4) is 0 Å². The predicted molar refractivity (Wildman–Crippen MR) is 103 cm³/mol. The standard InChI is InChI=1S/C21H26N2O4/c1-14(2)23(21(26)27-13-15-6-4-3-5-7-15)12-18-17-11-20(25)19(24)10-16(17)8-9-22-18/h3-7,10-11,14,18,22,24-25H,8-9,12-13H2,1-2H3. The molecule has 3 N–H and O–H groups in total. The lowest BCUT2D eigenvalue weighted by molar-refractivity contribution is 0.0811. The van der Waals surface area contributed by atoms with Gasteiger partial charge in [0.2, 0.25) is 0 Å². The first-order valence-electron chi connectivity index (χ1n) is 9.21. The van der Waals surface area contributed by atoms with E-state index >= 15 is 0 Å². The van der Waals surface area contributed by atoms with Gasteiger partial charge >= 0.3 is 6.09 Å². The number of amides is 1. The van der Waals surface area contributed by atoms with Crippen LogP contribution in [-0.4, -0.2) is 40.3 Å². The van der Waals surface area contributed by atoms with Crippen LogP contribution in [0.4, 0.5) is 4.79 Å². The Morgan fingerprint density at radius 3 is 2.63 bits per heavy atom. The first-order valence-corrected chi connectivity index (χ1v) is 9.21. The van der Waals surface area contributed by atoms with E-state index in [4.69, 9.17) is 4.74 Å². The van der Waals surface area contributed by atoms with Crippen LogP contribution in [0.2, 0.25) is 0 Å². The Hall–Kier alpha value is -2.73. The van der Waals surface area contributed by atoms with Gasteiger partial charge in [0.05, 0.1) is 6.04 Å². The molecule has 6 heteroatoms. The molecule has 1 unspecified atom stereocenters. The minimum absolute atomic E-state index is 0.0360. The quantitative estimate of drug-likeness (QED) is 0.704. The van der Waals surface area contributed by atoms with Crippen molar-refractivity contribution in [1.82, 2.24) is 10.2 Å². The maximum atomic E-state index is 12.7. The van der Waals surface area contributed by atoms with Crippen LogP contribution in [-0.2, 0) is 17.8 Å². The number of ether oxygens (including phenoxy) is 1. The van der Waals surface area contributed by atoms with E-state index in [-0.39, 0.29) is 36.3 Å². The summed E-state index contributed by atoms with van der Waals surface area (Å²) in [5.74, 6) is -0.261. The van der Waals surface area contributed by atoms with Crippen molar-refractivity contribution >= 4 is 6.09 Å². The van der Waals surface area contributed by atoms with Crippen LogP contribution < -0.4 is 5.32 Å². The maximum Gasteiger partial charge on any atom is 0.410 e. The van der Waals surface area contributed by atoms with E-state index in [9.17, 15) is 15.0 Å². The van der Waals surface area contributed by atoms with Crippen molar-refractivity contribution in [3.05, 3.63) is 59.2 Å². The van der Waals surface area contributed by atoms with Crippen molar-refractivity contribution in [2.75, 3.05) is 13.1 Å². The minimum Gasteiger partial charge on any atom is -0.504 e. The monoisotopic (exact) mass is 370 g/mol. The Kier molecular flexibility index (Phi) is 5.86. The molecule has 3 rings (SSSR count). The molecule has 2 aromatic carbocycles. The highest BCUT2D eigenvalue weighted by Gasteiger charge is 2.28. The number of hydrogen-bond acceptors (Lipinski definition) is 5. The summed E-state index contributed by atoms with van der Waals surface area (Å²) in [4.78, 5) is 14.3. The van der Waals surface area contributed by atoms with Gasteiger partial charge in [-0.1, -0.05) is 30.3 Å². The van der Waals surface area contributed by atoms with E-state index in [1.54, 1.807) is 17.0 Å². The molecule has 6 nitrogen and oxygen atoms in total. The molecule has 1 aliphatic rings. The molecule has 0 fully saturated rings. The molecule has 0 saturated heterocycles. The number of benzene rings is 2. The third-order valence-corrected chi connectivity index (χ3v) is 4.84. The Bertz CT molecular complexity index is 792. The molecule has 0 radical (unpaired) electrons. The molecule has 0 saturated carbocycles. The molecule has 1 amide bonds. The van der Waals surface area contributed by atoms with E-state index < -0.39 is 0 Å². The molecule has 1 aliphatic heterocycles. The summed E-state index contributed by atoms with van der Waals surface area (Å²) < 4.78 is 5.49. The van der Waals surface area contributed by atoms with Crippen LogP contribution in [0.1, 0.15) is 36.6 Å². The molecular weight excluding hydrogens is 344 g/mol. The second-order valence-electron chi connectivity index (χ2n) is 7.08. The fraction of sp³-hybridized carbons (Fsp3) is 0.381. The van der Waals surface area contributed by atoms with Gasteiger partial charge in [0.25, 0.3) is 0 Å². The average Bonchev–Trinajstić information content (AvgIpc) is 2.66. The van der Waals surface area contributed by atoms with Gasteiger partial charge in [-0.2, -0.15) is 0 Å². The normalized spacial score (nSPS) is 16.0. The first kappa shape index (κ1) is 19.0. The van der Waals surface area contributed by atoms with Crippen LogP contribution in [0.5, 0.6) is 11.5 Å². The van der Waals surface area contributed by atoms with Crippen molar-refractivity contribution in [3.8, 4) is 11.5 Å². The van der Waals surface area contributed by atoms with Gasteiger partial charge in [0, 0.05) is 12.6 Å². The molecule has 27 heavy (non-hydrogen) atoms. The highest BCUT2D eigenvalue weighted by atomic mass is 16.6. The smallest absolute Gasteiger partial charge is 0.410 e. The Morgan fingerprint density at radius 2 is 1.93 bits per heavy atom. The molecule has 2 aromatic rings. The number of nitrogens with zero attached hydrogens (tertiary/aromatic N) is 1. The number of phenolic OH excluding ortho intramolecular Hbond substituents is 2. The lowest BCUT2D eigenvalue weighted by atomic mass is 9.93. The van der Waals surface area contributed by atoms with Gasteiger partial charge in [-0.05, 0) is 55.6 Å². The molecule has 0 bridgehead atoms. The fourth-order valence-electron chi connectivity index (χ4n) is 3.33. The largest absolute Gasteiger partial charge is 0.504 e. The van der Waals surface area contributed by atoms with Crippen LogP contribution >= 0.6 is 0 Å². The van der Waals surface area contributed by atoms with Gasteiger partial charge < -0.3 is 25.2 Å². The summed E-state index contributed by atoms with van der Waals surface area (Å²) in [7, 11) is 0. The summed E-state index contributed by atoms with van der Waals surface area (Å²) in [5, 5.41) is 23.0. The molecule has 0 aliphatic carbocycles. The summed E-state index contributed by atoms with van der Waals surface area (Å²) in [6, 6.07) is 12.6. The molecule has 0 spiro atoms. The SMILES string of the molecule is CC(C)N(CC1NCCc2cc(O)c(O)cc21)C(=O)OCc1ccccc1. The van der Waals surface area contributed by atoms with E-state index in [1.807, 2.05) is 44.2 Å². The second-order valence-corrected chi connectivity index (χ2v) is 7.08. The van der Waals surface area contributed by atoms with Gasteiger partial charge in [-0.15, -0.1) is 0 Å². The van der Waals surface area contributed by atoms with Crippen LogP contribution in [0, 0.1) is 0 Å². The van der Waals surface area contributed by atoms with E-state index in [0.29, 0.717) is 6.54 Å². The summed E-state index contributed by atoms with van der Waals surface area (Å²) in [6.07, 6.45) is 0.394. The average molecular weight is 370 g/mol. The second kappa shape index (κ2) is 8.31. The number of hydrogen-bond donors (Lipinski definition) is 3. The number of phenols is 2. The lowest BCUT2D eigenvalue weighted by Gasteiger charge is -2.34. The van der Waals surface area contributed by atoms with Gasteiger partial charge in [0.15, 0.2) is 11.5 Å². The van der Waals surface area contributed by atoms with Crippen molar-refractivity contribution in [3.63, 3.8) is 0 Å². The van der Waals surface area contributed by atoms with Gasteiger partial charge in [-0.3, -0.25) is 0 Å². The van der Waals surface area contributed by atoms with Crippen molar-refractivity contribution in [2.45, 2.75) is 39.0 Å². The molecule has 1 heterocycles. The third-order valence-electron chi connectivity index (χ3n) is 4.84. The van der Waals surface area contributed by atoms with Crippen LogP contribution in [0.25, 0.3) is 0 Å². The Balaban J connectivity index is 1.72. The predicted octanol–water partition coefficient (Wildman–Crippen LogP) is 3.33. The molecule has 0 aromatic heterocycles. The molecule has 144 valence electrons. The Labute approximate surface area is 159 Å². The van der Waals surface area contributed by atoms with E-state index in [2.05, 4.69) is 5.32 Å². The number of carbonyl (C=O) groups excluding carboxylic acids is 1. The van der Waals surface area contributed by atoms with Crippen molar-refractivity contribution in [2.24, 2.45) is 0 Å². The zero-order valence-electron chi connectivity index (χ0n) is 15.7. The first-order chi connectivity index (χ1) is 13.0.